The second-order valence-electron chi connectivity index (χ2n) is 12.6. The van der Waals surface area contributed by atoms with Gasteiger partial charge in [-0.15, -0.1) is 0 Å². The molecule has 1 aromatic heterocycles. The van der Waals surface area contributed by atoms with E-state index in [1.165, 1.54) is 10.6 Å². The highest BCUT2D eigenvalue weighted by molar-refractivity contribution is 6.06. The molecule has 2 amide bonds. The number of aromatic nitrogens is 1. The lowest BCUT2D eigenvalue weighted by Gasteiger charge is -2.35. The van der Waals surface area contributed by atoms with E-state index in [1.54, 1.807) is 31.7 Å². The summed E-state index contributed by atoms with van der Waals surface area (Å²) in [7, 11) is 0. The largest absolute Gasteiger partial charge is 0.444 e. The summed E-state index contributed by atoms with van der Waals surface area (Å²) >= 11 is 0. The van der Waals surface area contributed by atoms with Gasteiger partial charge in [0.05, 0.1) is 16.8 Å². The van der Waals surface area contributed by atoms with Crippen molar-refractivity contribution in [1.82, 2.24) is 19.7 Å². The lowest BCUT2D eigenvalue weighted by molar-refractivity contribution is 0.0138. The van der Waals surface area contributed by atoms with Crippen LogP contribution in [0.15, 0.2) is 36.4 Å². The SMILES string of the molecule is CC(C)(C)OC(=O)N1CCN(Cc2ccc3c(c2)cc(-c2ccc(F)c4c2C(=O)NC4)n3C(=O)OC(C)(C)C)CC1. The Kier molecular flexibility index (Phi) is 7.31. The van der Waals surface area contributed by atoms with Gasteiger partial charge in [-0.05, 0) is 77.4 Å². The van der Waals surface area contributed by atoms with Crippen molar-refractivity contribution in [2.24, 2.45) is 0 Å². The molecule has 0 unspecified atom stereocenters. The van der Waals surface area contributed by atoms with Crippen molar-refractivity contribution in [1.29, 1.82) is 0 Å². The second-order valence-corrected chi connectivity index (χ2v) is 12.6. The Labute approximate surface area is 239 Å². The van der Waals surface area contributed by atoms with Gasteiger partial charge in [-0.1, -0.05) is 6.07 Å². The van der Waals surface area contributed by atoms with E-state index >= 15 is 0 Å². The first kappa shape index (κ1) is 28.6. The molecule has 3 heterocycles. The van der Waals surface area contributed by atoms with Crippen molar-refractivity contribution in [3.63, 3.8) is 0 Å². The van der Waals surface area contributed by atoms with Crippen molar-refractivity contribution in [3.05, 3.63) is 58.9 Å². The number of halogens is 1. The van der Waals surface area contributed by atoms with E-state index in [1.807, 2.05) is 45.0 Å². The van der Waals surface area contributed by atoms with Crippen LogP contribution in [-0.2, 0) is 22.6 Å². The van der Waals surface area contributed by atoms with E-state index in [-0.39, 0.29) is 24.1 Å². The number of carbonyl (C=O) groups is 3. The summed E-state index contributed by atoms with van der Waals surface area (Å²) in [6, 6.07) is 10.6. The average molecular weight is 565 g/mol. The van der Waals surface area contributed by atoms with Crippen LogP contribution in [0.2, 0.25) is 0 Å². The Morgan fingerprint density at radius 3 is 2.22 bits per heavy atom. The number of amides is 2. The monoisotopic (exact) mass is 564 g/mol. The number of nitrogens with zero attached hydrogens (tertiary/aromatic N) is 3. The third-order valence-electron chi connectivity index (χ3n) is 7.06. The van der Waals surface area contributed by atoms with Crippen LogP contribution in [-0.4, -0.2) is 69.8 Å². The van der Waals surface area contributed by atoms with Gasteiger partial charge in [0.2, 0.25) is 0 Å². The highest BCUT2D eigenvalue weighted by atomic mass is 19.1. The first-order chi connectivity index (χ1) is 19.2. The second kappa shape index (κ2) is 10.5. The highest BCUT2D eigenvalue weighted by Gasteiger charge is 2.31. The van der Waals surface area contributed by atoms with Crippen molar-refractivity contribution in [3.8, 4) is 11.3 Å². The molecule has 3 aromatic rings. The Hall–Kier alpha value is -3.92. The van der Waals surface area contributed by atoms with Crippen LogP contribution < -0.4 is 5.32 Å². The number of ether oxygens (including phenoxy) is 2. The molecule has 0 bridgehead atoms. The molecule has 0 radical (unpaired) electrons. The number of fused-ring (bicyclic) bond motifs is 2. The summed E-state index contributed by atoms with van der Waals surface area (Å²) < 4.78 is 27.2. The molecule has 9 nitrogen and oxygen atoms in total. The number of carbonyl (C=O) groups excluding carboxylic acids is 3. The zero-order valence-corrected chi connectivity index (χ0v) is 24.5. The van der Waals surface area contributed by atoms with Crippen molar-refractivity contribution < 1.29 is 28.2 Å². The van der Waals surface area contributed by atoms with E-state index < -0.39 is 23.1 Å². The summed E-state index contributed by atoms with van der Waals surface area (Å²) in [6.45, 7) is 14.3. The zero-order chi connectivity index (χ0) is 29.7. The van der Waals surface area contributed by atoms with Crippen molar-refractivity contribution in [2.75, 3.05) is 26.2 Å². The van der Waals surface area contributed by atoms with Gasteiger partial charge < -0.3 is 19.7 Å². The highest BCUT2D eigenvalue weighted by Crippen LogP contribution is 2.36. The molecule has 218 valence electrons. The zero-order valence-electron chi connectivity index (χ0n) is 24.5. The fourth-order valence-corrected chi connectivity index (χ4v) is 5.26. The summed E-state index contributed by atoms with van der Waals surface area (Å²) in [5.74, 6) is -0.835. The minimum atomic E-state index is -0.742. The third kappa shape index (κ3) is 6.07. The maximum absolute atomic E-state index is 14.5. The van der Waals surface area contributed by atoms with E-state index in [0.717, 1.165) is 10.9 Å². The van der Waals surface area contributed by atoms with Crippen LogP contribution in [0.3, 0.4) is 0 Å². The van der Waals surface area contributed by atoms with Gasteiger partial charge in [-0.3, -0.25) is 9.69 Å². The van der Waals surface area contributed by atoms with Gasteiger partial charge >= 0.3 is 12.2 Å². The van der Waals surface area contributed by atoms with Crippen LogP contribution in [0.4, 0.5) is 14.0 Å². The van der Waals surface area contributed by atoms with Crippen molar-refractivity contribution >= 4 is 29.0 Å². The number of piperazine rings is 1. The molecule has 0 spiro atoms. The fourth-order valence-electron chi connectivity index (χ4n) is 5.26. The Morgan fingerprint density at radius 2 is 1.56 bits per heavy atom. The predicted octanol–water partition coefficient (Wildman–Crippen LogP) is 5.53. The van der Waals surface area contributed by atoms with Gasteiger partial charge in [0.25, 0.3) is 5.91 Å². The number of hydrogen-bond acceptors (Lipinski definition) is 6. The fraction of sp³-hybridized carbons (Fsp3) is 0.452. The Balaban J connectivity index is 1.45. The van der Waals surface area contributed by atoms with Crippen molar-refractivity contribution in [2.45, 2.75) is 65.8 Å². The lowest BCUT2D eigenvalue weighted by Crippen LogP contribution is -2.49. The minimum absolute atomic E-state index is 0.103. The molecule has 1 saturated heterocycles. The quantitative estimate of drug-likeness (QED) is 0.450. The van der Waals surface area contributed by atoms with E-state index in [4.69, 9.17) is 9.47 Å². The summed E-state index contributed by atoms with van der Waals surface area (Å²) in [4.78, 5) is 42.6. The minimum Gasteiger partial charge on any atom is -0.444 e. The number of hydrogen-bond donors (Lipinski definition) is 1. The maximum atomic E-state index is 14.5. The first-order valence-electron chi connectivity index (χ1n) is 13.9. The van der Waals surface area contributed by atoms with Crippen LogP contribution >= 0.6 is 0 Å². The van der Waals surface area contributed by atoms with Crippen LogP contribution in [0, 0.1) is 5.82 Å². The van der Waals surface area contributed by atoms with Gasteiger partial charge in [0.1, 0.15) is 17.0 Å². The number of nitrogens with one attached hydrogen (secondary N) is 1. The van der Waals surface area contributed by atoms with E-state index in [2.05, 4.69) is 10.2 Å². The Morgan fingerprint density at radius 1 is 0.902 bits per heavy atom. The Bertz CT molecular complexity index is 1520. The molecule has 41 heavy (non-hydrogen) atoms. The van der Waals surface area contributed by atoms with E-state index in [0.29, 0.717) is 55.1 Å². The molecule has 2 aliphatic rings. The molecule has 0 atom stereocenters. The normalized spacial score (nSPS) is 16.1. The molecule has 2 aromatic carbocycles. The lowest BCUT2D eigenvalue weighted by atomic mass is 9.99. The standard InChI is InChI=1S/C31H37FN4O5/c1-30(2,3)40-28(38)35-13-11-34(12-14-35)18-19-7-10-24-20(15-19)16-25(36(24)29(39)41-31(4,5)6)21-8-9-23(32)22-17-33-27(37)26(21)22/h7-10,15-16H,11-14,17-18H2,1-6H3,(H,33,37). The molecule has 5 rings (SSSR count). The summed E-state index contributed by atoms with van der Waals surface area (Å²) in [5.41, 5.74) is 1.86. The van der Waals surface area contributed by atoms with Gasteiger partial charge in [0.15, 0.2) is 0 Å². The smallest absolute Gasteiger partial charge is 0.419 e. The van der Waals surface area contributed by atoms with Crippen LogP contribution in [0.5, 0.6) is 0 Å². The molecular weight excluding hydrogens is 527 g/mol. The molecular formula is C31H37FN4O5. The number of benzene rings is 2. The van der Waals surface area contributed by atoms with Gasteiger partial charge in [-0.2, -0.15) is 0 Å². The van der Waals surface area contributed by atoms with E-state index in [9.17, 15) is 18.8 Å². The molecule has 2 aliphatic heterocycles. The van der Waals surface area contributed by atoms with Crippen LogP contribution in [0.1, 0.15) is 63.0 Å². The van der Waals surface area contributed by atoms with Gasteiger partial charge in [0, 0.05) is 55.8 Å². The summed E-state index contributed by atoms with van der Waals surface area (Å²) in [5, 5.41) is 3.49. The molecule has 0 aliphatic carbocycles. The van der Waals surface area contributed by atoms with Crippen LogP contribution in [0.25, 0.3) is 22.2 Å². The first-order valence-corrected chi connectivity index (χ1v) is 13.9. The average Bonchev–Trinajstić information content (AvgIpc) is 3.44. The predicted molar refractivity (Wildman–Crippen MR) is 153 cm³/mol. The molecule has 10 heteroatoms. The topological polar surface area (TPSA) is 93.1 Å². The third-order valence-corrected chi connectivity index (χ3v) is 7.06. The maximum Gasteiger partial charge on any atom is 0.419 e. The molecule has 1 N–H and O–H groups in total. The molecule has 0 saturated carbocycles. The summed E-state index contributed by atoms with van der Waals surface area (Å²) in [6.07, 6.45) is -0.875. The number of rotatable bonds is 3. The van der Waals surface area contributed by atoms with Gasteiger partial charge in [-0.25, -0.2) is 18.5 Å². The molecule has 1 fully saturated rings.